The van der Waals surface area contributed by atoms with E-state index in [1.165, 1.54) is 23.5 Å². The SMILES string of the molecule is Fc1ccc2sc(C(Cl)c3ccccc3)nc2c1. The lowest BCUT2D eigenvalue weighted by Gasteiger charge is -2.05. The Kier molecular flexibility index (Phi) is 3.02. The zero-order chi connectivity index (χ0) is 12.5. The van der Waals surface area contributed by atoms with Crippen molar-refractivity contribution in [2.24, 2.45) is 0 Å². The Morgan fingerprint density at radius 3 is 2.67 bits per heavy atom. The second-order valence-corrected chi connectivity index (χ2v) is 5.44. The summed E-state index contributed by atoms with van der Waals surface area (Å²) >= 11 is 7.90. The zero-order valence-electron chi connectivity index (χ0n) is 9.31. The van der Waals surface area contributed by atoms with Crippen LogP contribution in [0.1, 0.15) is 15.9 Å². The minimum atomic E-state index is -0.285. The number of hydrogen-bond donors (Lipinski definition) is 0. The Balaban J connectivity index is 2.04. The molecule has 0 saturated heterocycles. The van der Waals surface area contributed by atoms with Crippen LogP contribution in [0.5, 0.6) is 0 Å². The summed E-state index contributed by atoms with van der Waals surface area (Å²) in [4.78, 5) is 4.40. The fourth-order valence-corrected chi connectivity index (χ4v) is 3.07. The number of hydrogen-bond acceptors (Lipinski definition) is 2. The van der Waals surface area contributed by atoms with Crippen molar-refractivity contribution >= 4 is 33.2 Å². The van der Waals surface area contributed by atoms with E-state index >= 15 is 0 Å². The van der Waals surface area contributed by atoms with E-state index in [4.69, 9.17) is 11.6 Å². The third-order valence-electron chi connectivity index (χ3n) is 2.68. The predicted octanol–water partition coefficient (Wildman–Crippen LogP) is 4.76. The van der Waals surface area contributed by atoms with E-state index in [1.807, 2.05) is 30.3 Å². The number of thiazole rings is 1. The summed E-state index contributed by atoms with van der Waals surface area (Å²) in [5.74, 6) is -0.273. The van der Waals surface area contributed by atoms with Gasteiger partial charge in [0, 0.05) is 6.07 Å². The lowest BCUT2D eigenvalue weighted by Crippen LogP contribution is -1.91. The fourth-order valence-electron chi connectivity index (χ4n) is 1.79. The van der Waals surface area contributed by atoms with Crippen LogP contribution in [0.3, 0.4) is 0 Å². The molecule has 4 heteroatoms. The van der Waals surface area contributed by atoms with Gasteiger partial charge in [-0.05, 0) is 17.7 Å². The van der Waals surface area contributed by atoms with Gasteiger partial charge in [0.2, 0.25) is 0 Å². The van der Waals surface area contributed by atoms with Gasteiger partial charge in [-0.1, -0.05) is 30.3 Å². The second kappa shape index (κ2) is 4.67. The Hall–Kier alpha value is -1.45. The van der Waals surface area contributed by atoms with Crippen LogP contribution in [0.4, 0.5) is 4.39 Å². The highest BCUT2D eigenvalue weighted by Gasteiger charge is 2.15. The van der Waals surface area contributed by atoms with Crippen LogP contribution < -0.4 is 0 Å². The first-order chi connectivity index (χ1) is 8.74. The largest absolute Gasteiger partial charge is 0.239 e. The molecule has 90 valence electrons. The van der Waals surface area contributed by atoms with Gasteiger partial charge in [-0.25, -0.2) is 9.37 Å². The number of fused-ring (bicyclic) bond motifs is 1. The summed E-state index contributed by atoms with van der Waals surface area (Å²) in [5, 5.41) is 0.509. The highest BCUT2D eigenvalue weighted by atomic mass is 35.5. The number of aromatic nitrogens is 1. The molecule has 0 radical (unpaired) electrons. The highest BCUT2D eigenvalue weighted by Crippen LogP contribution is 2.34. The van der Waals surface area contributed by atoms with Gasteiger partial charge in [0.05, 0.1) is 10.2 Å². The molecule has 0 bridgehead atoms. The number of alkyl halides is 1. The van der Waals surface area contributed by atoms with Gasteiger partial charge in [-0.15, -0.1) is 22.9 Å². The highest BCUT2D eigenvalue weighted by molar-refractivity contribution is 7.18. The molecule has 1 aromatic heterocycles. The normalized spacial score (nSPS) is 12.8. The van der Waals surface area contributed by atoms with Crippen LogP contribution in [0.15, 0.2) is 48.5 Å². The molecule has 1 unspecified atom stereocenters. The first-order valence-electron chi connectivity index (χ1n) is 5.49. The van der Waals surface area contributed by atoms with E-state index in [-0.39, 0.29) is 11.2 Å². The average molecular weight is 278 g/mol. The summed E-state index contributed by atoms with van der Waals surface area (Å²) < 4.78 is 14.1. The summed E-state index contributed by atoms with van der Waals surface area (Å²) in [6.07, 6.45) is 0. The molecule has 1 nitrogen and oxygen atoms in total. The van der Waals surface area contributed by atoms with Crippen molar-refractivity contribution in [3.8, 4) is 0 Å². The van der Waals surface area contributed by atoms with Gasteiger partial charge >= 0.3 is 0 Å². The zero-order valence-corrected chi connectivity index (χ0v) is 10.9. The first kappa shape index (κ1) is 11.6. The molecule has 0 N–H and O–H groups in total. The van der Waals surface area contributed by atoms with Gasteiger partial charge in [-0.2, -0.15) is 0 Å². The second-order valence-electron chi connectivity index (χ2n) is 3.94. The van der Waals surface area contributed by atoms with Crippen molar-refractivity contribution in [2.75, 3.05) is 0 Å². The average Bonchev–Trinajstić information content (AvgIpc) is 2.81. The molecule has 1 atom stereocenters. The van der Waals surface area contributed by atoms with E-state index in [0.29, 0.717) is 5.52 Å². The summed E-state index contributed by atoms with van der Waals surface area (Å²) in [6.45, 7) is 0. The molecule has 0 spiro atoms. The van der Waals surface area contributed by atoms with Crippen molar-refractivity contribution in [3.63, 3.8) is 0 Å². The maximum absolute atomic E-state index is 13.1. The van der Waals surface area contributed by atoms with Crippen molar-refractivity contribution in [1.29, 1.82) is 0 Å². The molecule has 0 amide bonds. The van der Waals surface area contributed by atoms with Gasteiger partial charge in [0.25, 0.3) is 0 Å². The standard InChI is InChI=1S/C14H9ClFNS/c15-13(9-4-2-1-3-5-9)14-17-11-8-10(16)6-7-12(11)18-14/h1-8,13H. The number of rotatable bonds is 2. The van der Waals surface area contributed by atoms with Crippen LogP contribution in [0.25, 0.3) is 10.2 Å². The molecule has 0 aliphatic rings. The smallest absolute Gasteiger partial charge is 0.125 e. The lowest BCUT2D eigenvalue weighted by molar-refractivity contribution is 0.629. The molecular weight excluding hydrogens is 269 g/mol. The van der Waals surface area contributed by atoms with Crippen molar-refractivity contribution in [1.82, 2.24) is 4.98 Å². The van der Waals surface area contributed by atoms with Gasteiger partial charge in [0.15, 0.2) is 0 Å². The fraction of sp³-hybridized carbons (Fsp3) is 0.0714. The van der Waals surface area contributed by atoms with Crippen molar-refractivity contribution < 1.29 is 4.39 Å². The minimum Gasteiger partial charge on any atom is -0.239 e. The van der Waals surface area contributed by atoms with Gasteiger partial charge < -0.3 is 0 Å². The van der Waals surface area contributed by atoms with E-state index in [1.54, 1.807) is 6.07 Å². The molecule has 0 aliphatic heterocycles. The number of halogens is 2. The Labute approximate surface area is 113 Å². The van der Waals surface area contributed by atoms with Crippen LogP contribution in [0.2, 0.25) is 0 Å². The molecule has 0 fully saturated rings. The van der Waals surface area contributed by atoms with Crippen LogP contribution in [-0.4, -0.2) is 4.98 Å². The molecule has 2 aromatic carbocycles. The molecule has 3 rings (SSSR count). The molecular formula is C14H9ClFNS. The Morgan fingerprint density at radius 2 is 1.89 bits per heavy atom. The molecule has 0 aliphatic carbocycles. The van der Waals surface area contributed by atoms with Gasteiger partial charge in [0.1, 0.15) is 16.2 Å². The first-order valence-corrected chi connectivity index (χ1v) is 6.74. The molecule has 1 heterocycles. The monoisotopic (exact) mass is 277 g/mol. The molecule has 0 saturated carbocycles. The third kappa shape index (κ3) is 2.11. The van der Waals surface area contributed by atoms with Crippen LogP contribution >= 0.6 is 22.9 Å². The van der Waals surface area contributed by atoms with E-state index in [0.717, 1.165) is 15.3 Å². The van der Waals surface area contributed by atoms with Crippen LogP contribution in [-0.2, 0) is 0 Å². The van der Waals surface area contributed by atoms with Crippen LogP contribution in [0, 0.1) is 5.82 Å². The summed E-state index contributed by atoms with van der Waals surface area (Å²) in [7, 11) is 0. The van der Waals surface area contributed by atoms with E-state index < -0.39 is 0 Å². The third-order valence-corrected chi connectivity index (χ3v) is 4.36. The topological polar surface area (TPSA) is 12.9 Å². The Morgan fingerprint density at radius 1 is 1.11 bits per heavy atom. The van der Waals surface area contributed by atoms with Crippen molar-refractivity contribution in [2.45, 2.75) is 5.38 Å². The quantitative estimate of drug-likeness (QED) is 0.615. The number of nitrogens with zero attached hydrogens (tertiary/aromatic N) is 1. The minimum absolute atomic E-state index is 0.273. The number of benzene rings is 2. The summed E-state index contributed by atoms with van der Waals surface area (Å²) in [6, 6.07) is 14.4. The summed E-state index contributed by atoms with van der Waals surface area (Å²) in [5.41, 5.74) is 1.66. The van der Waals surface area contributed by atoms with E-state index in [2.05, 4.69) is 4.98 Å². The van der Waals surface area contributed by atoms with Crippen molar-refractivity contribution in [3.05, 3.63) is 64.9 Å². The Bertz CT molecular complexity index is 681. The maximum atomic E-state index is 13.1. The lowest BCUT2D eigenvalue weighted by atomic mass is 10.1. The predicted molar refractivity (Wildman–Crippen MR) is 73.7 cm³/mol. The maximum Gasteiger partial charge on any atom is 0.125 e. The molecule has 18 heavy (non-hydrogen) atoms. The van der Waals surface area contributed by atoms with E-state index in [9.17, 15) is 4.39 Å². The molecule has 3 aromatic rings. The van der Waals surface area contributed by atoms with Gasteiger partial charge in [-0.3, -0.25) is 0 Å².